The molecule has 0 spiro atoms. The SMILES string of the molecule is C[C@@H](C#N)Sc1nc2ccccc2c(=O)n1Cc1cccnc1. The first-order chi connectivity index (χ1) is 11.2. The summed E-state index contributed by atoms with van der Waals surface area (Å²) in [6, 6.07) is 13.2. The highest BCUT2D eigenvalue weighted by Gasteiger charge is 2.14. The van der Waals surface area contributed by atoms with Crippen LogP contribution in [0.25, 0.3) is 10.9 Å². The number of rotatable bonds is 4. The van der Waals surface area contributed by atoms with Gasteiger partial charge in [0.15, 0.2) is 5.16 Å². The lowest BCUT2D eigenvalue weighted by molar-refractivity contribution is 0.656. The first-order valence-electron chi connectivity index (χ1n) is 7.14. The van der Waals surface area contributed by atoms with Gasteiger partial charge in [-0.25, -0.2) is 4.98 Å². The summed E-state index contributed by atoms with van der Waals surface area (Å²) in [5.41, 5.74) is 1.46. The molecule has 0 amide bonds. The number of fused-ring (bicyclic) bond motifs is 1. The molecule has 0 bridgehead atoms. The van der Waals surface area contributed by atoms with E-state index in [9.17, 15) is 4.79 Å². The Kier molecular flexibility index (Phi) is 4.40. The molecule has 0 fully saturated rings. The van der Waals surface area contributed by atoms with Gasteiger partial charge in [0.2, 0.25) is 0 Å². The van der Waals surface area contributed by atoms with Crippen molar-refractivity contribution in [3.8, 4) is 6.07 Å². The number of hydrogen-bond acceptors (Lipinski definition) is 5. The van der Waals surface area contributed by atoms with Gasteiger partial charge in [-0.2, -0.15) is 5.26 Å². The lowest BCUT2D eigenvalue weighted by Crippen LogP contribution is -2.24. The zero-order chi connectivity index (χ0) is 16.2. The van der Waals surface area contributed by atoms with Crippen LogP contribution in [0.1, 0.15) is 12.5 Å². The van der Waals surface area contributed by atoms with Crippen molar-refractivity contribution in [2.75, 3.05) is 0 Å². The molecule has 0 saturated heterocycles. The Balaban J connectivity index is 2.16. The molecule has 6 heteroatoms. The van der Waals surface area contributed by atoms with Gasteiger partial charge in [-0.15, -0.1) is 0 Å². The van der Waals surface area contributed by atoms with Gasteiger partial charge in [-0.1, -0.05) is 30.0 Å². The number of pyridine rings is 1. The molecular weight excluding hydrogens is 308 g/mol. The van der Waals surface area contributed by atoms with Crippen molar-refractivity contribution in [3.63, 3.8) is 0 Å². The van der Waals surface area contributed by atoms with Crippen molar-refractivity contribution in [2.24, 2.45) is 0 Å². The summed E-state index contributed by atoms with van der Waals surface area (Å²) in [4.78, 5) is 21.5. The third-order valence-electron chi connectivity index (χ3n) is 3.35. The van der Waals surface area contributed by atoms with Crippen molar-refractivity contribution in [3.05, 3.63) is 64.7 Å². The summed E-state index contributed by atoms with van der Waals surface area (Å²) < 4.78 is 1.61. The first-order valence-corrected chi connectivity index (χ1v) is 8.02. The van der Waals surface area contributed by atoms with E-state index >= 15 is 0 Å². The standard InChI is InChI=1S/C17H14N4OS/c1-12(9-18)23-17-20-15-7-3-2-6-14(15)16(22)21(17)11-13-5-4-8-19-10-13/h2-8,10,12H,11H2,1H3/t12-/m0/s1. The van der Waals surface area contributed by atoms with E-state index < -0.39 is 0 Å². The summed E-state index contributed by atoms with van der Waals surface area (Å²) in [7, 11) is 0. The molecule has 5 nitrogen and oxygen atoms in total. The average Bonchev–Trinajstić information content (AvgIpc) is 2.59. The van der Waals surface area contributed by atoms with Crippen LogP contribution >= 0.6 is 11.8 Å². The summed E-state index contributed by atoms with van der Waals surface area (Å²) in [5, 5.41) is 9.90. The second-order valence-corrected chi connectivity index (χ2v) is 6.36. The summed E-state index contributed by atoms with van der Waals surface area (Å²) in [6.45, 7) is 2.17. The molecule has 114 valence electrons. The van der Waals surface area contributed by atoms with Gasteiger partial charge in [-0.05, 0) is 30.7 Å². The fourth-order valence-electron chi connectivity index (χ4n) is 2.24. The van der Waals surface area contributed by atoms with Crippen LogP contribution in [0.5, 0.6) is 0 Å². The van der Waals surface area contributed by atoms with E-state index in [2.05, 4.69) is 16.0 Å². The van der Waals surface area contributed by atoms with E-state index in [4.69, 9.17) is 5.26 Å². The molecule has 0 N–H and O–H groups in total. The second-order valence-electron chi connectivity index (χ2n) is 5.05. The minimum absolute atomic E-state index is 0.105. The lowest BCUT2D eigenvalue weighted by Gasteiger charge is -2.13. The highest BCUT2D eigenvalue weighted by molar-refractivity contribution is 8.00. The highest BCUT2D eigenvalue weighted by Crippen LogP contribution is 2.22. The van der Waals surface area contributed by atoms with Crippen molar-refractivity contribution in [2.45, 2.75) is 23.9 Å². The van der Waals surface area contributed by atoms with Crippen LogP contribution in [0, 0.1) is 11.3 Å². The fraction of sp³-hybridized carbons (Fsp3) is 0.176. The molecule has 0 saturated carbocycles. The van der Waals surface area contributed by atoms with Crippen LogP contribution in [0.4, 0.5) is 0 Å². The van der Waals surface area contributed by atoms with E-state index in [0.717, 1.165) is 5.56 Å². The quantitative estimate of drug-likeness (QED) is 0.545. The molecule has 0 aliphatic carbocycles. The first kappa shape index (κ1) is 15.3. The van der Waals surface area contributed by atoms with Crippen molar-refractivity contribution >= 4 is 22.7 Å². The van der Waals surface area contributed by atoms with E-state index in [1.807, 2.05) is 30.3 Å². The molecule has 2 aromatic heterocycles. The molecule has 23 heavy (non-hydrogen) atoms. The summed E-state index contributed by atoms with van der Waals surface area (Å²) in [6.07, 6.45) is 3.42. The maximum atomic E-state index is 12.8. The molecule has 1 atom stereocenters. The Hall–Kier alpha value is -2.65. The molecule has 0 radical (unpaired) electrons. The van der Waals surface area contributed by atoms with Gasteiger partial charge in [0, 0.05) is 12.4 Å². The van der Waals surface area contributed by atoms with Crippen LogP contribution in [-0.4, -0.2) is 19.8 Å². The Morgan fingerprint density at radius 1 is 1.30 bits per heavy atom. The maximum Gasteiger partial charge on any atom is 0.262 e. The maximum absolute atomic E-state index is 12.8. The number of hydrogen-bond donors (Lipinski definition) is 0. The topological polar surface area (TPSA) is 71.6 Å². The molecule has 0 aliphatic rings. The lowest BCUT2D eigenvalue weighted by atomic mass is 10.2. The fourth-order valence-corrected chi connectivity index (χ4v) is 3.03. The normalized spacial score (nSPS) is 12.0. The van der Waals surface area contributed by atoms with Crippen LogP contribution in [0.3, 0.4) is 0 Å². The highest BCUT2D eigenvalue weighted by atomic mass is 32.2. The predicted molar refractivity (Wildman–Crippen MR) is 90.3 cm³/mol. The summed E-state index contributed by atoms with van der Waals surface area (Å²) >= 11 is 1.29. The minimum Gasteiger partial charge on any atom is -0.282 e. The monoisotopic (exact) mass is 322 g/mol. The molecule has 0 unspecified atom stereocenters. The van der Waals surface area contributed by atoms with Crippen molar-refractivity contribution in [1.82, 2.24) is 14.5 Å². The minimum atomic E-state index is -0.289. The molecular formula is C17H14N4OS. The molecule has 1 aromatic carbocycles. The van der Waals surface area contributed by atoms with Crippen LogP contribution in [0.15, 0.2) is 58.7 Å². The molecule has 2 heterocycles. The van der Waals surface area contributed by atoms with E-state index in [0.29, 0.717) is 22.6 Å². The Morgan fingerprint density at radius 2 is 2.13 bits per heavy atom. The Labute approximate surface area is 137 Å². The number of para-hydroxylation sites is 1. The van der Waals surface area contributed by atoms with Gasteiger partial charge in [0.25, 0.3) is 5.56 Å². The number of aromatic nitrogens is 3. The number of thioether (sulfide) groups is 1. The van der Waals surface area contributed by atoms with Gasteiger partial charge < -0.3 is 0 Å². The molecule has 0 aliphatic heterocycles. The van der Waals surface area contributed by atoms with Gasteiger partial charge in [0.1, 0.15) is 0 Å². The Bertz CT molecular complexity index is 931. The zero-order valence-electron chi connectivity index (χ0n) is 12.5. The van der Waals surface area contributed by atoms with Crippen molar-refractivity contribution in [1.29, 1.82) is 5.26 Å². The second kappa shape index (κ2) is 6.63. The van der Waals surface area contributed by atoms with Crippen LogP contribution < -0.4 is 5.56 Å². The number of nitriles is 1. The average molecular weight is 322 g/mol. The Morgan fingerprint density at radius 3 is 2.87 bits per heavy atom. The number of nitrogens with zero attached hydrogens (tertiary/aromatic N) is 4. The largest absolute Gasteiger partial charge is 0.282 e. The van der Waals surface area contributed by atoms with E-state index in [1.54, 1.807) is 30.0 Å². The van der Waals surface area contributed by atoms with Gasteiger partial charge >= 0.3 is 0 Å². The third kappa shape index (κ3) is 3.25. The van der Waals surface area contributed by atoms with Crippen LogP contribution in [0.2, 0.25) is 0 Å². The van der Waals surface area contributed by atoms with Gasteiger partial charge in [0.05, 0.1) is 28.8 Å². The number of benzene rings is 1. The van der Waals surface area contributed by atoms with Crippen LogP contribution in [-0.2, 0) is 6.54 Å². The van der Waals surface area contributed by atoms with E-state index in [1.165, 1.54) is 11.8 Å². The van der Waals surface area contributed by atoms with Gasteiger partial charge in [-0.3, -0.25) is 14.3 Å². The third-order valence-corrected chi connectivity index (χ3v) is 4.34. The van der Waals surface area contributed by atoms with E-state index in [-0.39, 0.29) is 10.8 Å². The molecule has 3 aromatic rings. The smallest absolute Gasteiger partial charge is 0.262 e. The summed E-state index contributed by atoms with van der Waals surface area (Å²) in [5.74, 6) is 0. The van der Waals surface area contributed by atoms with Crippen molar-refractivity contribution < 1.29 is 0 Å². The predicted octanol–water partition coefficient (Wildman–Crippen LogP) is 2.84. The molecule has 3 rings (SSSR count). The zero-order valence-corrected chi connectivity index (χ0v) is 13.3.